The molecule has 0 radical (unpaired) electrons. The van der Waals surface area contributed by atoms with Crippen molar-refractivity contribution in [2.24, 2.45) is 5.41 Å². The summed E-state index contributed by atoms with van der Waals surface area (Å²) >= 11 is 6.61. The van der Waals surface area contributed by atoms with Crippen molar-refractivity contribution in [1.82, 2.24) is 24.7 Å². The number of aromatic amines is 2. The summed E-state index contributed by atoms with van der Waals surface area (Å²) in [4.78, 5) is 34.1. The van der Waals surface area contributed by atoms with E-state index in [0.29, 0.717) is 45.5 Å². The van der Waals surface area contributed by atoms with Gasteiger partial charge in [-0.3, -0.25) is 24.6 Å². The Bertz CT molecular complexity index is 1270. The highest BCUT2D eigenvalue weighted by Crippen LogP contribution is 2.37. The van der Waals surface area contributed by atoms with Crippen LogP contribution in [0.3, 0.4) is 0 Å². The summed E-state index contributed by atoms with van der Waals surface area (Å²) in [6.45, 7) is 12.1. The summed E-state index contributed by atoms with van der Waals surface area (Å²) in [7, 11) is 0. The smallest absolute Gasteiger partial charge is 0.274 e. The van der Waals surface area contributed by atoms with Crippen LogP contribution in [0.25, 0.3) is 10.7 Å². The molecule has 0 spiro atoms. The molecule has 31 heavy (non-hydrogen) atoms. The summed E-state index contributed by atoms with van der Waals surface area (Å²) in [5, 5.41) is 10.4. The van der Waals surface area contributed by atoms with Crippen LogP contribution < -0.4 is 5.32 Å². The molecular weight excluding hydrogens is 432 g/mol. The van der Waals surface area contributed by atoms with Crippen molar-refractivity contribution in [2.75, 3.05) is 5.32 Å². The minimum Gasteiger partial charge on any atom is -0.354 e. The molecule has 0 saturated carbocycles. The number of ketones is 1. The van der Waals surface area contributed by atoms with Gasteiger partial charge in [0.2, 0.25) is 0 Å². The first-order valence-electron chi connectivity index (χ1n) is 9.91. The van der Waals surface area contributed by atoms with E-state index in [4.69, 9.17) is 12.2 Å². The largest absolute Gasteiger partial charge is 0.354 e. The molecule has 3 heterocycles. The Hall–Kier alpha value is -2.85. The first-order valence-corrected chi connectivity index (χ1v) is 11.1. The van der Waals surface area contributed by atoms with Gasteiger partial charge in [-0.25, -0.2) is 4.98 Å². The highest BCUT2D eigenvalue weighted by atomic mass is 32.1. The Morgan fingerprint density at radius 2 is 2.13 bits per heavy atom. The standard InChI is InChI=1S/C21H24N6O2S2/c1-6-7-27-17(25-26-20(27)30)16-11(3)22-19(31-16)24-18(29)15-10(2)14-12(23-15)8-21(4,5)9-13(14)28/h6,23H,1,7-9H2,2-5H3,(H,26,30)(H,22,24,29). The molecule has 4 rings (SSSR count). The SMILES string of the molecule is C=CCn1c(-c2sc(NC(=O)c3[nH]c4c(c3C)C(=O)CC(C)(C)C4)nc2C)n[nH]c1=S. The second-order valence-corrected chi connectivity index (χ2v) is 9.94. The molecule has 0 atom stereocenters. The van der Waals surface area contributed by atoms with Gasteiger partial charge in [-0.2, -0.15) is 5.10 Å². The van der Waals surface area contributed by atoms with Crippen LogP contribution in [0.15, 0.2) is 12.7 Å². The van der Waals surface area contributed by atoms with Gasteiger partial charge in [0.05, 0.1) is 10.6 Å². The normalized spacial score (nSPS) is 15.0. The highest BCUT2D eigenvalue weighted by molar-refractivity contribution is 7.71. The predicted molar refractivity (Wildman–Crippen MR) is 123 cm³/mol. The third kappa shape index (κ3) is 3.81. The molecule has 8 nitrogen and oxygen atoms in total. The van der Waals surface area contributed by atoms with Crippen molar-refractivity contribution in [3.05, 3.63) is 45.6 Å². The van der Waals surface area contributed by atoms with Gasteiger partial charge in [-0.1, -0.05) is 31.3 Å². The number of amides is 1. The molecular formula is C21H24N6O2S2. The molecule has 3 aromatic heterocycles. The number of aryl methyl sites for hydroxylation is 1. The number of fused-ring (bicyclic) bond motifs is 1. The molecule has 10 heteroatoms. The van der Waals surface area contributed by atoms with Gasteiger partial charge in [0, 0.05) is 24.2 Å². The number of aromatic nitrogens is 5. The van der Waals surface area contributed by atoms with Crippen molar-refractivity contribution in [1.29, 1.82) is 0 Å². The zero-order valence-electron chi connectivity index (χ0n) is 17.9. The molecule has 3 N–H and O–H groups in total. The van der Waals surface area contributed by atoms with Crippen molar-refractivity contribution >= 4 is 40.4 Å². The van der Waals surface area contributed by atoms with Crippen LogP contribution in [-0.2, 0) is 13.0 Å². The average Bonchev–Trinajstić information content (AvgIpc) is 3.30. The lowest BCUT2D eigenvalue weighted by Crippen LogP contribution is -2.26. The Morgan fingerprint density at radius 1 is 1.39 bits per heavy atom. The summed E-state index contributed by atoms with van der Waals surface area (Å²) in [5.74, 6) is 0.416. The van der Waals surface area contributed by atoms with Gasteiger partial charge in [0.25, 0.3) is 5.91 Å². The van der Waals surface area contributed by atoms with E-state index in [1.165, 1.54) is 11.3 Å². The van der Waals surface area contributed by atoms with E-state index in [-0.39, 0.29) is 17.1 Å². The molecule has 0 bridgehead atoms. The zero-order valence-corrected chi connectivity index (χ0v) is 19.5. The van der Waals surface area contributed by atoms with E-state index in [1.54, 1.807) is 6.08 Å². The Labute approximate surface area is 188 Å². The van der Waals surface area contributed by atoms with Gasteiger partial charge >= 0.3 is 0 Å². The van der Waals surface area contributed by atoms with E-state index >= 15 is 0 Å². The fourth-order valence-electron chi connectivity index (χ4n) is 4.07. The summed E-state index contributed by atoms with van der Waals surface area (Å²) in [6.07, 6.45) is 2.95. The van der Waals surface area contributed by atoms with Crippen molar-refractivity contribution in [2.45, 2.75) is 47.1 Å². The predicted octanol–water partition coefficient (Wildman–Crippen LogP) is 4.60. The van der Waals surface area contributed by atoms with E-state index in [1.807, 2.05) is 18.4 Å². The van der Waals surface area contributed by atoms with Crippen molar-refractivity contribution in [3.8, 4) is 10.7 Å². The number of allylic oxidation sites excluding steroid dienone is 1. The molecule has 3 aromatic rings. The lowest BCUT2D eigenvalue weighted by atomic mass is 9.75. The zero-order chi connectivity index (χ0) is 22.5. The fraction of sp³-hybridized carbons (Fsp3) is 0.381. The average molecular weight is 457 g/mol. The lowest BCUT2D eigenvalue weighted by molar-refractivity contribution is 0.0910. The molecule has 0 fully saturated rings. The highest BCUT2D eigenvalue weighted by Gasteiger charge is 2.35. The maximum Gasteiger partial charge on any atom is 0.274 e. The van der Waals surface area contributed by atoms with Crippen LogP contribution in [0.5, 0.6) is 0 Å². The van der Waals surface area contributed by atoms with Gasteiger partial charge in [-0.15, -0.1) is 6.58 Å². The minimum atomic E-state index is -0.317. The van der Waals surface area contributed by atoms with Crippen molar-refractivity contribution < 1.29 is 9.59 Å². The van der Waals surface area contributed by atoms with Gasteiger partial charge in [0.15, 0.2) is 21.5 Å². The number of H-pyrrole nitrogens is 2. The number of carbonyl (C=O) groups excluding carboxylic acids is 2. The van der Waals surface area contributed by atoms with Crippen LogP contribution in [0.4, 0.5) is 5.13 Å². The molecule has 1 aliphatic rings. The van der Waals surface area contributed by atoms with E-state index in [2.05, 4.69) is 45.9 Å². The van der Waals surface area contributed by atoms with Crippen LogP contribution in [0, 0.1) is 24.0 Å². The number of thiazole rings is 1. The van der Waals surface area contributed by atoms with E-state index < -0.39 is 0 Å². The molecule has 0 saturated heterocycles. The number of carbonyl (C=O) groups is 2. The number of nitrogens with zero attached hydrogens (tertiary/aromatic N) is 3. The van der Waals surface area contributed by atoms with E-state index in [9.17, 15) is 9.59 Å². The second-order valence-electron chi connectivity index (χ2n) is 8.56. The van der Waals surface area contributed by atoms with Gasteiger partial charge in [0.1, 0.15) is 5.69 Å². The van der Waals surface area contributed by atoms with Crippen LogP contribution >= 0.6 is 23.6 Å². The van der Waals surface area contributed by atoms with Crippen LogP contribution in [0.1, 0.15) is 58.1 Å². The van der Waals surface area contributed by atoms with Crippen LogP contribution in [0.2, 0.25) is 0 Å². The lowest BCUT2D eigenvalue weighted by Gasteiger charge is -2.28. The number of rotatable bonds is 5. The van der Waals surface area contributed by atoms with Crippen molar-refractivity contribution in [3.63, 3.8) is 0 Å². The van der Waals surface area contributed by atoms with E-state index in [0.717, 1.165) is 22.7 Å². The Balaban J connectivity index is 1.63. The molecule has 162 valence electrons. The minimum absolute atomic E-state index is 0.0800. The Morgan fingerprint density at radius 3 is 2.84 bits per heavy atom. The number of anilines is 1. The first kappa shape index (κ1) is 21.4. The molecule has 1 amide bonds. The van der Waals surface area contributed by atoms with Gasteiger partial charge < -0.3 is 4.98 Å². The number of hydrogen-bond donors (Lipinski definition) is 3. The maximum absolute atomic E-state index is 13.0. The topological polar surface area (TPSA) is 108 Å². The van der Waals surface area contributed by atoms with Crippen LogP contribution in [-0.4, -0.2) is 36.4 Å². The summed E-state index contributed by atoms with van der Waals surface area (Å²) in [6, 6.07) is 0. The Kier molecular flexibility index (Phi) is 5.30. The molecule has 0 aromatic carbocycles. The molecule has 0 aliphatic heterocycles. The second kappa shape index (κ2) is 7.69. The summed E-state index contributed by atoms with van der Waals surface area (Å²) in [5.41, 5.74) is 3.19. The third-order valence-electron chi connectivity index (χ3n) is 5.42. The molecule has 0 unspecified atom stereocenters. The number of hydrogen-bond acceptors (Lipinski definition) is 6. The third-order valence-corrected chi connectivity index (χ3v) is 6.80. The quantitative estimate of drug-likeness (QED) is 0.384. The first-order chi connectivity index (χ1) is 14.6. The van der Waals surface area contributed by atoms with Gasteiger partial charge in [-0.05, 0) is 43.5 Å². The number of nitrogens with one attached hydrogen (secondary N) is 3. The monoisotopic (exact) mass is 456 g/mol. The fourth-order valence-corrected chi connectivity index (χ4v) is 5.23. The maximum atomic E-state index is 13.0. The molecule has 1 aliphatic carbocycles. The summed E-state index contributed by atoms with van der Waals surface area (Å²) < 4.78 is 2.32. The number of Topliss-reactive ketones (excluding diaryl/α,β-unsaturated/α-hetero) is 1.